The van der Waals surface area contributed by atoms with Gasteiger partial charge in [0, 0.05) is 18.7 Å². The molecule has 142 valence electrons. The SMILES string of the molecule is COc1cc(C(=O)N2CCC(C)(C(=O)O)C2)cc(OC)c1OCC(N)=O. The molecule has 9 heteroatoms. The van der Waals surface area contributed by atoms with Crippen molar-refractivity contribution in [1.29, 1.82) is 0 Å². The highest BCUT2D eigenvalue weighted by Crippen LogP contribution is 2.39. The van der Waals surface area contributed by atoms with E-state index in [4.69, 9.17) is 19.9 Å². The number of carbonyl (C=O) groups excluding carboxylic acids is 2. The van der Waals surface area contributed by atoms with Crippen LogP contribution < -0.4 is 19.9 Å². The topological polar surface area (TPSA) is 128 Å². The minimum absolute atomic E-state index is 0.117. The number of carboxylic acids is 1. The molecule has 26 heavy (non-hydrogen) atoms. The summed E-state index contributed by atoms with van der Waals surface area (Å²) in [4.78, 5) is 36.6. The smallest absolute Gasteiger partial charge is 0.311 e. The van der Waals surface area contributed by atoms with Crippen LogP contribution in [-0.2, 0) is 9.59 Å². The maximum atomic E-state index is 12.8. The van der Waals surface area contributed by atoms with Crippen molar-refractivity contribution >= 4 is 17.8 Å². The molecule has 0 bridgehead atoms. The number of amides is 2. The van der Waals surface area contributed by atoms with Crippen molar-refractivity contribution in [3.05, 3.63) is 17.7 Å². The molecule has 1 aliphatic rings. The lowest BCUT2D eigenvalue weighted by Crippen LogP contribution is -2.34. The van der Waals surface area contributed by atoms with Gasteiger partial charge in [-0.3, -0.25) is 14.4 Å². The Kier molecular flexibility index (Phi) is 5.59. The molecule has 1 heterocycles. The number of carboxylic acid groups (broad SMARTS) is 1. The van der Waals surface area contributed by atoms with Crippen molar-refractivity contribution in [2.45, 2.75) is 13.3 Å². The van der Waals surface area contributed by atoms with Gasteiger partial charge in [-0.15, -0.1) is 0 Å². The molecule has 1 aromatic carbocycles. The Hall–Kier alpha value is -2.97. The van der Waals surface area contributed by atoms with Gasteiger partial charge in [-0.05, 0) is 25.5 Å². The highest BCUT2D eigenvalue weighted by atomic mass is 16.5. The summed E-state index contributed by atoms with van der Waals surface area (Å²) >= 11 is 0. The van der Waals surface area contributed by atoms with Crippen molar-refractivity contribution in [3.8, 4) is 17.2 Å². The molecular weight excluding hydrogens is 344 g/mol. The third-order valence-corrected chi connectivity index (χ3v) is 4.34. The fourth-order valence-corrected chi connectivity index (χ4v) is 2.78. The Morgan fingerprint density at radius 2 is 1.81 bits per heavy atom. The van der Waals surface area contributed by atoms with E-state index in [9.17, 15) is 19.5 Å². The lowest BCUT2D eigenvalue weighted by atomic mass is 9.90. The van der Waals surface area contributed by atoms with Gasteiger partial charge in [-0.2, -0.15) is 0 Å². The second-order valence-electron chi connectivity index (χ2n) is 6.31. The summed E-state index contributed by atoms with van der Waals surface area (Å²) in [6.45, 7) is 1.70. The van der Waals surface area contributed by atoms with Gasteiger partial charge in [0.2, 0.25) is 5.75 Å². The van der Waals surface area contributed by atoms with E-state index < -0.39 is 17.3 Å². The number of ether oxygens (including phenoxy) is 3. The molecule has 0 radical (unpaired) electrons. The van der Waals surface area contributed by atoms with E-state index >= 15 is 0 Å². The number of rotatable bonds is 7. The molecule has 9 nitrogen and oxygen atoms in total. The number of benzene rings is 1. The molecule has 2 amide bonds. The number of nitrogens with two attached hydrogens (primary N) is 1. The van der Waals surface area contributed by atoms with Crippen LogP contribution in [0.4, 0.5) is 0 Å². The monoisotopic (exact) mass is 366 g/mol. The van der Waals surface area contributed by atoms with Crippen LogP contribution in [-0.4, -0.2) is 61.7 Å². The normalized spacial score (nSPS) is 19.1. The Morgan fingerprint density at radius 1 is 1.23 bits per heavy atom. The molecule has 1 aliphatic heterocycles. The van der Waals surface area contributed by atoms with Gasteiger partial charge in [-0.1, -0.05) is 0 Å². The molecule has 0 saturated carbocycles. The summed E-state index contributed by atoms with van der Waals surface area (Å²) in [6, 6.07) is 2.91. The van der Waals surface area contributed by atoms with Crippen LogP contribution >= 0.6 is 0 Å². The molecular formula is C17H22N2O7. The van der Waals surface area contributed by atoms with Gasteiger partial charge in [0.1, 0.15) is 0 Å². The first-order valence-electron chi connectivity index (χ1n) is 7.91. The molecule has 0 spiro atoms. The first-order chi connectivity index (χ1) is 12.2. The predicted molar refractivity (Wildman–Crippen MR) is 90.5 cm³/mol. The first-order valence-corrected chi connectivity index (χ1v) is 7.91. The van der Waals surface area contributed by atoms with E-state index in [1.807, 2.05) is 0 Å². The van der Waals surface area contributed by atoms with E-state index in [-0.39, 0.29) is 41.9 Å². The average molecular weight is 366 g/mol. The van der Waals surface area contributed by atoms with Crippen LogP contribution in [0, 0.1) is 5.41 Å². The van der Waals surface area contributed by atoms with Crippen LogP contribution in [0.15, 0.2) is 12.1 Å². The average Bonchev–Trinajstić information content (AvgIpc) is 3.02. The lowest BCUT2D eigenvalue weighted by molar-refractivity contribution is -0.147. The van der Waals surface area contributed by atoms with Gasteiger partial charge < -0.3 is 30.0 Å². The minimum atomic E-state index is -0.964. The molecule has 1 fully saturated rings. The second kappa shape index (κ2) is 7.51. The van der Waals surface area contributed by atoms with Crippen LogP contribution in [0.5, 0.6) is 17.2 Å². The number of nitrogens with zero attached hydrogens (tertiary/aromatic N) is 1. The van der Waals surface area contributed by atoms with Crippen LogP contribution in [0.25, 0.3) is 0 Å². The van der Waals surface area contributed by atoms with Crippen molar-refractivity contribution in [2.24, 2.45) is 11.1 Å². The molecule has 1 unspecified atom stereocenters. The van der Waals surface area contributed by atoms with Gasteiger partial charge in [0.25, 0.3) is 11.8 Å². The molecule has 1 atom stereocenters. The molecule has 2 rings (SSSR count). The zero-order valence-electron chi connectivity index (χ0n) is 14.9. The Morgan fingerprint density at radius 3 is 2.23 bits per heavy atom. The van der Waals surface area contributed by atoms with Gasteiger partial charge in [0.05, 0.1) is 19.6 Å². The van der Waals surface area contributed by atoms with Crippen LogP contribution in [0.3, 0.4) is 0 Å². The van der Waals surface area contributed by atoms with E-state index in [1.54, 1.807) is 6.92 Å². The number of methoxy groups -OCH3 is 2. The zero-order chi connectivity index (χ0) is 19.5. The number of likely N-dealkylation sites (tertiary alicyclic amines) is 1. The number of primary amides is 1. The zero-order valence-corrected chi connectivity index (χ0v) is 14.9. The summed E-state index contributed by atoms with van der Waals surface area (Å²) in [5.41, 5.74) is 4.38. The van der Waals surface area contributed by atoms with Crippen LogP contribution in [0.1, 0.15) is 23.7 Å². The van der Waals surface area contributed by atoms with E-state index in [2.05, 4.69) is 0 Å². The molecule has 1 aromatic rings. The summed E-state index contributed by atoms with van der Waals surface area (Å²) in [6.07, 6.45) is 0.377. The molecule has 0 aliphatic carbocycles. The number of aliphatic carboxylic acids is 1. The number of hydrogen-bond donors (Lipinski definition) is 2. The number of hydrogen-bond acceptors (Lipinski definition) is 6. The highest BCUT2D eigenvalue weighted by molar-refractivity contribution is 5.96. The van der Waals surface area contributed by atoms with Crippen molar-refractivity contribution in [3.63, 3.8) is 0 Å². The standard InChI is InChI=1S/C17H22N2O7/c1-17(16(22)23)4-5-19(9-17)15(21)10-6-11(24-2)14(12(7-10)25-3)26-8-13(18)20/h6-7H,4-5,8-9H2,1-3H3,(H2,18,20)(H,22,23). The van der Waals surface area contributed by atoms with Crippen molar-refractivity contribution < 1.29 is 33.7 Å². The van der Waals surface area contributed by atoms with E-state index in [0.29, 0.717) is 13.0 Å². The van der Waals surface area contributed by atoms with E-state index in [1.165, 1.54) is 31.3 Å². The first kappa shape index (κ1) is 19.4. The third-order valence-electron chi connectivity index (χ3n) is 4.34. The van der Waals surface area contributed by atoms with Gasteiger partial charge >= 0.3 is 5.97 Å². The highest BCUT2D eigenvalue weighted by Gasteiger charge is 2.42. The number of carbonyl (C=O) groups is 3. The summed E-state index contributed by atoms with van der Waals surface area (Å²) in [7, 11) is 2.77. The Bertz CT molecular complexity index is 709. The summed E-state index contributed by atoms with van der Waals surface area (Å²) < 4.78 is 15.8. The lowest BCUT2D eigenvalue weighted by Gasteiger charge is -2.21. The molecule has 0 aromatic heterocycles. The summed E-state index contributed by atoms with van der Waals surface area (Å²) in [5, 5.41) is 9.31. The Balaban J connectivity index is 2.31. The van der Waals surface area contributed by atoms with Gasteiger partial charge in [0.15, 0.2) is 18.1 Å². The van der Waals surface area contributed by atoms with Gasteiger partial charge in [-0.25, -0.2) is 0 Å². The maximum Gasteiger partial charge on any atom is 0.311 e. The Labute approximate surface area is 150 Å². The van der Waals surface area contributed by atoms with Crippen molar-refractivity contribution in [2.75, 3.05) is 33.9 Å². The van der Waals surface area contributed by atoms with Crippen LogP contribution in [0.2, 0.25) is 0 Å². The fourth-order valence-electron chi connectivity index (χ4n) is 2.78. The second-order valence-corrected chi connectivity index (χ2v) is 6.31. The quantitative estimate of drug-likeness (QED) is 0.719. The maximum absolute atomic E-state index is 12.8. The molecule has 3 N–H and O–H groups in total. The predicted octanol–water partition coefficient (Wildman–Crippen LogP) is 0.505. The minimum Gasteiger partial charge on any atom is -0.493 e. The fraction of sp³-hybridized carbons (Fsp3) is 0.471. The van der Waals surface area contributed by atoms with E-state index in [0.717, 1.165) is 0 Å². The summed E-state index contributed by atoms with van der Waals surface area (Å²) in [5.74, 6) is -1.38. The largest absolute Gasteiger partial charge is 0.493 e. The molecule has 1 saturated heterocycles. The third kappa shape index (κ3) is 3.81. The van der Waals surface area contributed by atoms with Crippen molar-refractivity contribution in [1.82, 2.24) is 4.90 Å².